The molecule has 5 nitrogen and oxygen atoms in total. The molecule has 0 saturated carbocycles. The number of amides is 1. The molecule has 1 amide bonds. The molecule has 1 atom stereocenters. The maximum absolute atomic E-state index is 11.9. The fraction of sp³-hybridized carbons (Fsp3) is 0.917. The molecule has 5 heteroatoms. The zero-order chi connectivity index (χ0) is 13.5. The number of rotatable bonds is 6. The van der Waals surface area contributed by atoms with Gasteiger partial charge in [-0.2, -0.15) is 0 Å². The summed E-state index contributed by atoms with van der Waals surface area (Å²) in [7, 11) is 0. The van der Waals surface area contributed by atoms with Crippen LogP contribution in [0.15, 0.2) is 0 Å². The number of hydrogen-bond donors (Lipinski definition) is 2. The normalized spacial score (nSPS) is 13.3. The predicted octanol–water partition coefficient (Wildman–Crippen LogP) is 1.21. The van der Waals surface area contributed by atoms with Crippen LogP contribution in [0.1, 0.15) is 34.6 Å². The second kappa shape index (κ2) is 7.50. The summed E-state index contributed by atoms with van der Waals surface area (Å²) in [5.41, 5.74) is -0.508. The van der Waals surface area contributed by atoms with Crippen LogP contribution in [-0.4, -0.2) is 54.0 Å². The van der Waals surface area contributed by atoms with Crippen LogP contribution >= 0.6 is 0 Å². The fourth-order valence-corrected chi connectivity index (χ4v) is 1.29. The highest BCUT2D eigenvalue weighted by atomic mass is 16.6. The quantitative estimate of drug-likeness (QED) is 0.692. The first-order chi connectivity index (χ1) is 7.76. The van der Waals surface area contributed by atoms with E-state index >= 15 is 0 Å². The van der Waals surface area contributed by atoms with Gasteiger partial charge in [-0.15, -0.1) is 0 Å². The van der Waals surface area contributed by atoms with Gasteiger partial charge < -0.3 is 20.1 Å². The molecule has 0 bridgehead atoms. The fourth-order valence-electron chi connectivity index (χ4n) is 1.29. The molecule has 0 aliphatic carbocycles. The predicted molar refractivity (Wildman–Crippen MR) is 68.0 cm³/mol. The maximum atomic E-state index is 11.9. The molecule has 102 valence electrons. The standard InChI is InChI=1S/C12H26N2O3/c1-6-13-7-8-14(9-10(2)15)11(16)17-12(3,4)5/h10,13,15H,6-9H2,1-5H3. The van der Waals surface area contributed by atoms with Crippen molar-refractivity contribution >= 4 is 6.09 Å². The van der Waals surface area contributed by atoms with Crippen LogP contribution in [-0.2, 0) is 4.74 Å². The molecule has 0 aliphatic heterocycles. The SMILES string of the molecule is CCNCCN(CC(C)O)C(=O)OC(C)(C)C. The van der Waals surface area contributed by atoms with Crippen molar-refractivity contribution in [2.24, 2.45) is 0 Å². The number of carbonyl (C=O) groups excluding carboxylic acids is 1. The number of carbonyl (C=O) groups is 1. The van der Waals surface area contributed by atoms with E-state index in [0.29, 0.717) is 19.6 Å². The minimum Gasteiger partial charge on any atom is -0.444 e. The molecule has 0 heterocycles. The highest BCUT2D eigenvalue weighted by Gasteiger charge is 2.22. The van der Waals surface area contributed by atoms with Crippen molar-refractivity contribution in [2.75, 3.05) is 26.2 Å². The van der Waals surface area contributed by atoms with Crippen LogP contribution in [0.3, 0.4) is 0 Å². The van der Waals surface area contributed by atoms with Gasteiger partial charge in [-0.1, -0.05) is 6.92 Å². The van der Waals surface area contributed by atoms with Crippen molar-refractivity contribution in [3.05, 3.63) is 0 Å². The van der Waals surface area contributed by atoms with Crippen LogP contribution < -0.4 is 5.32 Å². The molecule has 0 aromatic carbocycles. The van der Waals surface area contributed by atoms with E-state index in [2.05, 4.69) is 5.32 Å². The number of nitrogens with one attached hydrogen (secondary N) is 1. The second-order valence-electron chi connectivity index (χ2n) is 5.13. The Morgan fingerprint density at radius 1 is 1.47 bits per heavy atom. The highest BCUT2D eigenvalue weighted by Crippen LogP contribution is 2.10. The molecule has 0 aliphatic rings. The zero-order valence-corrected chi connectivity index (χ0v) is 11.6. The van der Waals surface area contributed by atoms with Crippen molar-refractivity contribution in [3.8, 4) is 0 Å². The van der Waals surface area contributed by atoms with E-state index in [-0.39, 0.29) is 6.09 Å². The van der Waals surface area contributed by atoms with Crippen molar-refractivity contribution in [1.82, 2.24) is 10.2 Å². The number of ether oxygens (including phenoxy) is 1. The molecule has 0 aromatic rings. The minimum atomic E-state index is -0.552. The van der Waals surface area contributed by atoms with Gasteiger partial charge >= 0.3 is 6.09 Å². The molecule has 2 N–H and O–H groups in total. The molecular weight excluding hydrogens is 220 g/mol. The van der Waals surface area contributed by atoms with Crippen molar-refractivity contribution in [1.29, 1.82) is 0 Å². The van der Waals surface area contributed by atoms with E-state index < -0.39 is 11.7 Å². The Balaban J connectivity index is 4.29. The molecule has 0 aromatic heterocycles. The first kappa shape index (κ1) is 16.2. The van der Waals surface area contributed by atoms with Crippen LogP contribution in [0.2, 0.25) is 0 Å². The van der Waals surface area contributed by atoms with Crippen LogP contribution in [0, 0.1) is 0 Å². The largest absolute Gasteiger partial charge is 0.444 e. The van der Waals surface area contributed by atoms with Crippen molar-refractivity contribution in [2.45, 2.75) is 46.3 Å². The van der Waals surface area contributed by atoms with Crippen LogP contribution in [0.4, 0.5) is 4.79 Å². The van der Waals surface area contributed by atoms with Gasteiger partial charge in [0.05, 0.1) is 6.10 Å². The van der Waals surface area contributed by atoms with E-state index in [1.54, 1.807) is 6.92 Å². The highest BCUT2D eigenvalue weighted by molar-refractivity contribution is 5.68. The molecular formula is C12H26N2O3. The summed E-state index contributed by atoms with van der Waals surface area (Å²) in [6.07, 6.45) is -0.930. The summed E-state index contributed by atoms with van der Waals surface area (Å²) in [5.74, 6) is 0. The number of aliphatic hydroxyl groups is 1. The van der Waals surface area contributed by atoms with Gasteiger partial charge in [0.1, 0.15) is 5.60 Å². The summed E-state index contributed by atoms with van der Waals surface area (Å²) in [6, 6.07) is 0. The Morgan fingerprint density at radius 2 is 2.06 bits per heavy atom. The molecule has 1 unspecified atom stereocenters. The van der Waals surface area contributed by atoms with Crippen LogP contribution in [0.25, 0.3) is 0 Å². The van der Waals surface area contributed by atoms with E-state index in [1.807, 2.05) is 27.7 Å². The minimum absolute atomic E-state index is 0.292. The monoisotopic (exact) mass is 246 g/mol. The number of nitrogens with zero attached hydrogens (tertiary/aromatic N) is 1. The van der Waals surface area contributed by atoms with Crippen LogP contribution in [0.5, 0.6) is 0 Å². The van der Waals surface area contributed by atoms with E-state index in [9.17, 15) is 9.90 Å². The Morgan fingerprint density at radius 3 is 2.47 bits per heavy atom. The third-order valence-corrected chi connectivity index (χ3v) is 1.94. The van der Waals surface area contributed by atoms with Gasteiger partial charge in [0.25, 0.3) is 0 Å². The summed E-state index contributed by atoms with van der Waals surface area (Å²) < 4.78 is 5.28. The Bertz CT molecular complexity index is 224. The smallest absolute Gasteiger partial charge is 0.410 e. The molecule has 17 heavy (non-hydrogen) atoms. The first-order valence-corrected chi connectivity index (χ1v) is 6.13. The average Bonchev–Trinajstić information content (AvgIpc) is 2.13. The Labute approximate surface area is 104 Å². The zero-order valence-electron chi connectivity index (χ0n) is 11.6. The number of aliphatic hydroxyl groups excluding tert-OH is 1. The third kappa shape index (κ3) is 8.94. The lowest BCUT2D eigenvalue weighted by atomic mass is 10.2. The molecule has 0 fully saturated rings. The molecule has 0 spiro atoms. The van der Waals surface area contributed by atoms with Gasteiger partial charge in [0, 0.05) is 19.6 Å². The van der Waals surface area contributed by atoms with Crippen molar-refractivity contribution in [3.63, 3.8) is 0 Å². The number of likely N-dealkylation sites (N-methyl/N-ethyl adjacent to an activating group) is 1. The maximum Gasteiger partial charge on any atom is 0.410 e. The lowest BCUT2D eigenvalue weighted by molar-refractivity contribution is 0.0165. The van der Waals surface area contributed by atoms with Crippen molar-refractivity contribution < 1.29 is 14.6 Å². The second-order valence-corrected chi connectivity index (χ2v) is 5.13. The van der Waals surface area contributed by atoms with E-state index in [0.717, 1.165) is 6.54 Å². The summed E-state index contributed by atoms with van der Waals surface area (Å²) in [6.45, 7) is 11.5. The first-order valence-electron chi connectivity index (χ1n) is 6.13. The van der Waals surface area contributed by atoms with E-state index in [1.165, 1.54) is 4.90 Å². The van der Waals surface area contributed by atoms with Gasteiger partial charge in [-0.05, 0) is 34.2 Å². The number of hydrogen-bond acceptors (Lipinski definition) is 4. The summed E-state index contributed by atoms with van der Waals surface area (Å²) in [5, 5.41) is 12.5. The van der Waals surface area contributed by atoms with Gasteiger partial charge in [-0.3, -0.25) is 0 Å². The lowest BCUT2D eigenvalue weighted by Gasteiger charge is -2.28. The van der Waals surface area contributed by atoms with Gasteiger partial charge in [0.2, 0.25) is 0 Å². The summed E-state index contributed by atoms with van der Waals surface area (Å²) >= 11 is 0. The molecule has 0 radical (unpaired) electrons. The van der Waals surface area contributed by atoms with E-state index in [4.69, 9.17) is 4.74 Å². The van der Waals surface area contributed by atoms with Gasteiger partial charge in [0.15, 0.2) is 0 Å². The molecule has 0 rings (SSSR count). The Hall–Kier alpha value is -0.810. The third-order valence-electron chi connectivity index (χ3n) is 1.94. The summed E-state index contributed by atoms with van der Waals surface area (Å²) in [4.78, 5) is 13.4. The average molecular weight is 246 g/mol. The molecule has 0 saturated heterocycles. The Kier molecular flexibility index (Phi) is 7.15. The topological polar surface area (TPSA) is 61.8 Å². The lowest BCUT2D eigenvalue weighted by Crippen LogP contribution is -2.43. The van der Waals surface area contributed by atoms with Gasteiger partial charge in [-0.25, -0.2) is 4.79 Å².